The number of aromatic nitrogens is 1. The van der Waals surface area contributed by atoms with E-state index < -0.39 is 0 Å². The summed E-state index contributed by atoms with van der Waals surface area (Å²) in [5.74, 6) is -0.206. The molecule has 6 heteroatoms. The molecule has 0 radical (unpaired) electrons. The van der Waals surface area contributed by atoms with Crippen molar-refractivity contribution in [2.75, 3.05) is 6.54 Å². The number of thioether (sulfide) groups is 1. The summed E-state index contributed by atoms with van der Waals surface area (Å²) in [5, 5.41) is 0.847. The van der Waals surface area contributed by atoms with Gasteiger partial charge in [-0.1, -0.05) is 76.6 Å². The van der Waals surface area contributed by atoms with E-state index in [1.807, 2.05) is 48.5 Å². The molecule has 0 N–H and O–H groups in total. The number of carbonyl (C=O) groups is 2. The Morgan fingerprint density at radius 3 is 2.32 bits per heavy atom. The topological polar surface area (TPSA) is 42.3 Å². The van der Waals surface area contributed by atoms with E-state index in [9.17, 15) is 9.59 Å². The fourth-order valence-electron chi connectivity index (χ4n) is 4.24. The molecule has 34 heavy (non-hydrogen) atoms. The first kappa shape index (κ1) is 22.7. The van der Waals surface area contributed by atoms with Crippen LogP contribution in [-0.4, -0.2) is 27.2 Å². The first-order valence-electron chi connectivity index (χ1n) is 11.2. The van der Waals surface area contributed by atoms with Gasteiger partial charge in [-0.25, -0.2) is 0 Å². The fourth-order valence-corrected chi connectivity index (χ4v) is 5.46. The van der Waals surface area contributed by atoms with E-state index in [-0.39, 0.29) is 11.1 Å². The minimum Gasteiger partial charge on any atom is -0.342 e. The Labute approximate surface area is 211 Å². The first-order valence-corrected chi connectivity index (χ1v) is 12.8. The summed E-state index contributed by atoms with van der Waals surface area (Å²) >= 11 is 4.60. The second kappa shape index (κ2) is 10.0. The number of rotatable bonds is 7. The Hall–Kier alpha value is -3.09. The SMILES string of the molecule is O=C1S/C(=C\c2cn(Cc3ccccc3)c3ccc(Br)cc23)C(=O)N1CCCc1ccccc1. The van der Waals surface area contributed by atoms with Gasteiger partial charge in [-0.2, -0.15) is 0 Å². The molecule has 1 fully saturated rings. The minimum atomic E-state index is -0.206. The van der Waals surface area contributed by atoms with E-state index in [4.69, 9.17) is 0 Å². The molecule has 170 valence electrons. The predicted molar refractivity (Wildman–Crippen MR) is 143 cm³/mol. The number of benzene rings is 3. The number of hydrogen-bond acceptors (Lipinski definition) is 3. The summed E-state index contributed by atoms with van der Waals surface area (Å²) in [4.78, 5) is 27.5. The summed E-state index contributed by atoms with van der Waals surface area (Å²) in [6, 6.07) is 26.6. The molecule has 2 amide bonds. The van der Waals surface area contributed by atoms with E-state index in [2.05, 4.69) is 63.1 Å². The van der Waals surface area contributed by atoms with Crippen molar-refractivity contribution in [3.8, 4) is 0 Å². The number of hydrogen-bond donors (Lipinski definition) is 0. The quantitative estimate of drug-likeness (QED) is 0.239. The van der Waals surface area contributed by atoms with Gasteiger partial charge in [-0.15, -0.1) is 0 Å². The second-order valence-corrected chi connectivity index (χ2v) is 10.2. The van der Waals surface area contributed by atoms with Crippen molar-refractivity contribution in [2.24, 2.45) is 0 Å². The van der Waals surface area contributed by atoms with Crippen molar-refractivity contribution < 1.29 is 9.59 Å². The van der Waals surface area contributed by atoms with Gasteiger partial charge in [0, 0.05) is 40.2 Å². The van der Waals surface area contributed by atoms with Crippen LogP contribution in [0.3, 0.4) is 0 Å². The normalized spacial score (nSPS) is 15.1. The average Bonchev–Trinajstić information content (AvgIpc) is 3.31. The van der Waals surface area contributed by atoms with Crippen LogP contribution in [0, 0.1) is 0 Å². The van der Waals surface area contributed by atoms with Gasteiger partial charge in [0.2, 0.25) is 0 Å². The highest BCUT2D eigenvalue weighted by Gasteiger charge is 2.34. The molecule has 0 aliphatic carbocycles. The third-order valence-electron chi connectivity index (χ3n) is 5.92. The smallest absolute Gasteiger partial charge is 0.293 e. The molecule has 0 unspecified atom stereocenters. The van der Waals surface area contributed by atoms with Crippen molar-refractivity contribution >= 4 is 55.8 Å². The number of aryl methyl sites for hydroxylation is 1. The maximum Gasteiger partial charge on any atom is 0.293 e. The molecule has 0 saturated carbocycles. The lowest BCUT2D eigenvalue weighted by molar-refractivity contribution is -0.122. The van der Waals surface area contributed by atoms with Gasteiger partial charge in [-0.3, -0.25) is 14.5 Å². The molecule has 2 heterocycles. The molecular weight excluding hydrogens is 508 g/mol. The molecule has 1 saturated heterocycles. The van der Waals surface area contributed by atoms with E-state index in [1.165, 1.54) is 16.0 Å². The monoisotopic (exact) mass is 530 g/mol. The lowest BCUT2D eigenvalue weighted by Gasteiger charge is -2.12. The zero-order valence-electron chi connectivity index (χ0n) is 18.5. The van der Waals surface area contributed by atoms with Crippen molar-refractivity contribution in [1.29, 1.82) is 0 Å². The summed E-state index contributed by atoms with van der Waals surface area (Å²) in [5.41, 5.74) is 4.43. The van der Waals surface area contributed by atoms with Crippen molar-refractivity contribution in [3.63, 3.8) is 0 Å². The standard InChI is InChI=1S/C28H23BrN2O2S/c29-23-13-14-25-24(17-23)22(19-30(25)18-21-10-5-2-6-11-21)16-26-27(32)31(28(33)34-26)15-7-12-20-8-3-1-4-9-20/h1-6,8-11,13-14,16-17,19H,7,12,15,18H2/b26-16-. The molecule has 0 spiro atoms. The van der Waals surface area contributed by atoms with Gasteiger partial charge in [0.15, 0.2) is 0 Å². The second-order valence-electron chi connectivity index (χ2n) is 8.28. The minimum absolute atomic E-state index is 0.196. The zero-order valence-corrected chi connectivity index (χ0v) is 20.9. The summed E-state index contributed by atoms with van der Waals surface area (Å²) in [7, 11) is 0. The van der Waals surface area contributed by atoms with Crippen LogP contribution in [0.15, 0.2) is 94.4 Å². The fraction of sp³-hybridized carbons (Fsp3) is 0.143. The summed E-state index contributed by atoms with van der Waals surface area (Å²) in [6.07, 6.45) is 5.51. The van der Waals surface area contributed by atoms with Crippen LogP contribution in [0.5, 0.6) is 0 Å². The maximum atomic E-state index is 13.1. The molecule has 1 aromatic heterocycles. The van der Waals surface area contributed by atoms with Crippen LogP contribution in [0.25, 0.3) is 17.0 Å². The van der Waals surface area contributed by atoms with E-state index in [0.29, 0.717) is 11.4 Å². The van der Waals surface area contributed by atoms with Crippen LogP contribution < -0.4 is 0 Å². The Morgan fingerprint density at radius 1 is 0.882 bits per heavy atom. The Kier molecular flexibility index (Phi) is 6.70. The highest BCUT2D eigenvalue weighted by atomic mass is 79.9. The predicted octanol–water partition coefficient (Wildman–Crippen LogP) is 7.12. The highest BCUT2D eigenvalue weighted by Crippen LogP contribution is 2.35. The lowest BCUT2D eigenvalue weighted by Crippen LogP contribution is -2.29. The van der Waals surface area contributed by atoms with E-state index in [1.54, 1.807) is 0 Å². The van der Waals surface area contributed by atoms with Crippen LogP contribution in [0.1, 0.15) is 23.1 Å². The van der Waals surface area contributed by atoms with Crippen LogP contribution in [-0.2, 0) is 17.8 Å². The molecule has 0 atom stereocenters. The number of carbonyl (C=O) groups excluding carboxylic acids is 2. The van der Waals surface area contributed by atoms with Gasteiger partial charge in [0.05, 0.1) is 4.91 Å². The third-order valence-corrected chi connectivity index (χ3v) is 7.32. The van der Waals surface area contributed by atoms with E-state index >= 15 is 0 Å². The van der Waals surface area contributed by atoms with Crippen molar-refractivity contribution in [3.05, 3.63) is 111 Å². The number of amides is 2. The largest absolute Gasteiger partial charge is 0.342 e. The molecule has 1 aliphatic heterocycles. The maximum absolute atomic E-state index is 13.1. The molecule has 5 rings (SSSR count). The molecule has 3 aromatic carbocycles. The molecular formula is C28H23BrN2O2S. The summed E-state index contributed by atoms with van der Waals surface area (Å²) < 4.78 is 3.16. The Morgan fingerprint density at radius 2 is 1.59 bits per heavy atom. The number of imide groups is 1. The van der Waals surface area contributed by atoms with Crippen molar-refractivity contribution in [1.82, 2.24) is 9.47 Å². The van der Waals surface area contributed by atoms with Crippen LogP contribution >= 0.6 is 27.7 Å². The van der Waals surface area contributed by atoms with Gasteiger partial charge in [-0.05, 0) is 60.0 Å². The van der Waals surface area contributed by atoms with Gasteiger partial charge < -0.3 is 4.57 Å². The van der Waals surface area contributed by atoms with Crippen LogP contribution in [0.4, 0.5) is 4.79 Å². The summed E-state index contributed by atoms with van der Waals surface area (Å²) in [6.45, 7) is 1.16. The molecule has 4 aromatic rings. The first-order chi connectivity index (χ1) is 16.6. The number of nitrogens with zero attached hydrogens (tertiary/aromatic N) is 2. The van der Waals surface area contributed by atoms with Crippen LogP contribution in [0.2, 0.25) is 0 Å². The van der Waals surface area contributed by atoms with Gasteiger partial charge in [0.25, 0.3) is 11.1 Å². The Balaban J connectivity index is 1.38. The zero-order chi connectivity index (χ0) is 23.5. The third kappa shape index (κ3) is 4.88. The number of halogens is 1. The Bertz CT molecular complexity index is 1380. The number of fused-ring (bicyclic) bond motifs is 1. The molecule has 1 aliphatic rings. The van der Waals surface area contributed by atoms with E-state index in [0.717, 1.165) is 52.1 Å². The van der Waals surface area contributed by atoms with Gasteiger partial charge >= 0.3 is 0 Å². The average molecular weight is 531 g/mol. The molecule has 4 nitrogen and oxygen atoms in total. The lowest BCUT2D eigenvalue weighted by atomic mass is 10.1. The highest BCUT2D eigenvalue weighted by molar-refractivity contribution is 9.10. The van der Waals surface area contributed by atoms with Gasteiger partial charge in [0.1, 0.15) is 0 Å². The molecule has 0 bridgehead atoms. The van der Waals surface area contributed by atoms with Crippen molar-refractivity contribution in [2.45, 2.75) is 19.4 Å².